The van der Waals surface area contributed by atoms with E-state index in [4.69, 9.17) is 24.4 Å². The van der Waals surface area contributed by atoms with Crippen molar-refractivity contribution in [2.75, 3.05) is 10.6 Å². The lowest BCUT2D eigenvalue weighted by molar-refractivity contribution is -0.144. The second kappa shape index (κ2) is 14.7. The van der Waals surface area contributed by atoms with Crippen LogP contribution in [0, 0.1) is 0 Å². The largest absolute Gasteiger partial charge is 0.416 e. The Morgan fingerprint density at radius 1 is 0.420 bits per heavy atom. The van der Waals surface area contributed by atoms with Gasteiger partial charge in [0.05, 0.1) is 34.3 Å². The van der Waals surface area contributed by atoms with E-state index in [1.54, 1.807) is 60.7 Å². The first-order valence-corrected chi connectivity index (χ1v) is 14.8. The van der Waals surface area contributed by atoms with Crippen molar-refractivity contribution in [2.45, 2.75) is 36.8 Å². The highest BCUT2D eigenvalue weighted by molar-refractivity contribution is 7.80. The van der Waals surface area contributed by atoms with E-state index < -0.39 is 80.6 Å². The Morgan fingerprint density at radius 3 is 0.920 bits per heavy atom. The molecule has 0 aliphatic heterocycles. The molecule has 0 saturated heterocycles. The SMILES string of the molecule is FC(F)(F)c1cc(NC(=S)N[C@@H](c2ccccc2)[C@@H](NC(=S)Nc2cc(C(F)(F)F)cc(C(F)(F)F)c2)c2ccccc2)cc(C(F)(F)F)c1. The van der Waals surface area contributed by atoms with Gasteiger partial charge in [-0.15, -0.1) is 0 Å². The lowest BCUT2D eigenvalue weighted by atomic mass is 9.93. The number of hydrogen-bond acceptors (Lipinski definition) is 2. The molecule has 0 amide bonds. The van der Waals surface area contributed by atoms with E-state index >= 15 is 0 Å². The summed E-state index contributed by atoms with van der Waals surface area (Å²) in [6, 6.07) is 15.5. The molecule has 4 aromatic rings. The molecule has 0 radical (unpaired) electrons. The number of alkyl halides is 12. The van der Waals surface area contributed by atoms with Crippen molar-refractivity contribution >= 4 is 46.0 Å². The molecule has 266 valence electrons. The fourth-order valence-corrected chi connectivity index (χ4v) is 5.20. The van der Waals surface area contributed by atoms with E-state index in [1.807, 2.05) is 0 Å². The van der Waals surface area contributed by atoms with Gasteiger partial charge in [-0.05, 0) is 72.0 Å². The molecule has 4 N–H and O–H groups in total. The van der Waals surface area contributed by atoms with Crippen LogP contribution >= 0.6 is 24.4 Å². The average Bonchev–Trinajstić information content (AvgIpc) is 3.01. The second-order valence-electron chi connectivity index (χ2n) is 10.6. The van der Waals surface area contributed by atoms with Gasteiger partial charge in [0.1, 0.15) is 0 Å². The highest BCUT2D eigenvalue weighted by atomic mass is 32.1. The molecule has 0 aromatic heterocycles. The van der Waals surface area contributed by atoms with Crippen LogP contribution in [0.2, 0.25) is 0 Å². The Labute approximate surface area is 286 Å². The number of thiocarbonyl (C=S) groups is 2. The summed E-state index contributed by atoms with van der Waals surface area (Å²) in [6.07, 6.45) is -20.5. The zero-order chi connectivity index (χ0) is 37.1. The van der Waals surface area contributed by atoms with Gasteiger partial charge in [0.15, 0.2) is 10.2 Å². The molecule has 50 heavy (non-hydrogen) atoms. The predicted molar refractivity (Wildman–Crippen MR) is 170 cm³/mol. The Bertz CT molecular complexity index is 1610. The van der Waals surface area contributed by atoms with Gasteiger partial charge in [0.25, 0.3) is 0 Å². The first kappa shape index (κ1) is 38.2. The number of halogens is 12. The topological polar surface area (TPSA) is 48.1 Å². The maximum atomic E-state index is 13.5. The highest BCUT2D eigenvalue weighted by Gasteiger charge is 2.38. The third kappa shape index (κ3) is 10.2. The molecule has 4 aromatic carbocycles. The van der Waals surface area contributed by atoms with Gasteiger partial charge >= 0.3 is 24.7 Å². The normalized spacial score (nSPS) is 13.6. The van der Waals surface area contributed by atoms with Crippen molar-refractivity contribution in [3.05, 3.63) is 130 Å². The Balaban J connectivity index is 1.70. The summed E-state index contributed by atoms with van der Waals surface area (Å²) in [6.45, 7) is 0. The molecule has 4 nitrogen and oxygen atoms in total. The van der Waals surface area contributed by atoms with Crippen LogP contribution in [0.3, 0.4) is 0 Å². The van der Waals surface area contributed by atoms with Crippen LogP contribution in [0.25, 0.3) is 0 Å². The summed E-state index contributed by atoms with van der Waals surface area (Å²) in [5.74, 6) is 0. The Morgan fingerprint density at radius 2 is 0.680 bits per heavy atom. The molecule has 0 aliphatic rings. The monoisotopic (exact) mass is 754 g/mol. The van der Waals surface area contributed by atoms with Crippen LogP contribution < -0.4 is 21.3 Å². The van der Waals surface area contributed by atoms with E-state index in [1.165, 1.54) is 0 Å². The van der Waals surface area contributed by atoms with Gasteiger partial charge < -0.3 is 21.3 Å². The zero-order valence-corrected chi connectivity index (χ0v) is 26.4. The molecule has 0 aliphatic carbocycles. The first-order chi connectivity index (χ1) is 23.1. The third-order valence-corrected chi connectivity index (χ3v) is 7.35. The van der Waals surface area contributed by atoms with Gasteiger partial charge in [-0.25, -0.2) is 0 Å². The standard InChI is InChI=1S/C32H22F12N4S2/c33-29(34,35)19-11-20(30(36,37)38)14-23(13-19)45-27(49)47-25(17-7-3-1-4-8-17)26(18-9-5-2-6-10-18)48-28(50)46-24-15-21(31(39,40)41)12-22(16-24)32(42,43)44/h1-16,25-26H,(H2,45,47,49)(H2,46,48,50)/t25-,26-/m0/s1. The minimum atomic E-state index is -5.13. The fraction of sp³-hybridized carbons (Fsp3) is 0.188. The molecule has 0 spiro atoms. The summed E-state index contributed by atoms with van der Waals surface area (Å²) in [5.41, 5.74) is -6.83. The van der Waals surface area contributed by atoms with Crippen molar-refractivity contribution < 1.29 is 52.7 Å². The van der Waals surface area contributed by atoms with Crippen LogP contribution in [0.1, 0.15) is 45.5 Å². The summed E-state index contributed by atoms with van der Waals surface area (Å²) in [7, 11) is 0. The highest BCUT2D eigenvalue weighted by Crippen LogP contribution is 2.39. The van der Waals surface area contributed by atoms with E-state index in [0.717, 1.165) is 0 Å². The fourth-order valence-electron chi connectivity index (χ4n) is 4.71. The predicted octanol–water partition coefficient (Wildman–Crippen LogP) is 10.5. The van der Waals surface area contributed by atoms with Gasteiger partial charge in [0.2, 0.25) is 0 Å². The quantitative estimate of drug-likeness (QED) is 0.111. The van der Waals surface area contributed by atoms with E-state index in [-0.39, 0.29) is 12.1 Å². The van der Waals surface area contributed by atoms with E-state index in [0.29, 0.717) is 35.4 Å². The molecular formula is C32H22F12N4S2. The summed E-state index contributed by atoms with van der Waals surface area (Å²) in [4.78, 5) is 0. The minimum absolute atomic E-state index is 0.0558. The maximum absolute atomic E-state index is 13.5. The smallest absolute Gasteiger partial charge is 0.353 e. The van der Waals surface area contributed by atoms with Crippen molar-refractivity contribution in [3.8, 4) is 0 Å². The first-order valence-electron chi connectivity index (χ1n) is 13.9. The lowest BCUT2D eigenvalue weighted by Crippen LogP contribution is -2.43. The maximum Gasteiger partial charge on any atom is 0.416 e. The molecule has 0 bridgehead atoms. The van der Waals surface area contributed by atoms with Crippen LogP contribution in [0.15, 0.2) is 97.1 Å². The van der Waals surface area contributed by atoms with Crippen LogP contribution in [-0.4, -0.2) is 10.2 Å². The van der Waals surface area contributed by atoms with Crippen LogP contribution in [0.5, 0.6) is 0 Å². The molecule has 2 atom stereocenters. The molecule has 0 fully saturated rings. The van der Waals surface area contributed by atoms with Crippen LogP contribution in [0.4, 0.5) is 64.1 Å². The zero-order valence-electron chi connectivity index (χ0n) is 24.7. The van der Waals surface area contributed by atoms with E-state index in [2.05, 4.69) is 21.3 Å². The number of anilines is 2. The second-order valence-corrected chi connectivity index (χ2v) is 11.4. The Kier molecular flexibility index (Phi) is 11.3. The molecule has 18 heteroatoms. The van der Waals surface area contributed by atoms with Gasteiger partial charge in [-0.2, -0.15) is 52.7 Å². The van der Waals surface area contributed by atoms with Crippen LogP contribution in [-0.2, 0) is 24.7 Å². The van der Waals surface area contributed by atoms with Crippen molar-refractivity contribution in [1.29, 1.82) is 0 Å². The molecule has 0 heterocycles. The third-order valence-electron chi connectivity index (χ3n) is 6.91. The lowest BCUT2D eigenvalue weighted by Gasteiger charge is -2.32. The number of hydrogen-bond donors (Lipinski definition) is 4. The van der Waals surface area contributed by atoms with E-state index in [9.17, 15) is 52.7 Å². The molecular weight excluding hydrogens is 732 g/mol. The van der Waals surface area contributed by atoms with Gasteiger partial charge in [-0.1, -0.05) is 60.7 Å². The number of nitrogens with one attached hydrogen (secondary N) is 4. The number of rotatable bonds is 7. The van der Waals surface area contributed by atoms with Crippen molar-refractivity contribution in [3.63, 3.8) is 0 Å². The van der Waals surface area contributed by atoms with Crippen molar-refractivity contribution in [2.24, 2.45) is 0 Å². The summed E-state index contributed by atoms with van der Waals surface area (Å²) >= 11 is 10.6. The van der Waals surface area contributed by atoms with Gasteiger partial charge in [0, 0.05) is 11.4 Å². The van der Waals surface area contributed by atoms with Crippen molar-refractivity contribution in [1.82, 2.24) is 10.6 Å². The minimum Gasteiger partial charge on any atom is -0.353 e. The molecule has 0 unspecified atom stereocenters. The summed E-state index contributed by atoms with van der Waals surface area (Å²) in [5, 5.41) is 9.46. The Hall–Kier alpha value is -4.58. The summed E-state index contributed by atoms with van der Waals surface area (Å²) < 4.78 is 161. The van der Waals surface area contributed by atoms with Gasteiger partial charge in [-0.3, -0.25) is 0 Å². The molecule has 4 rings (SSSR count). The average molecular weight is 755 g/mol. The molecule has 0 saturated carbocycles. The number of benzene rings is 4.